The molecule has 1 heterocycles. The minimum Gasteiger partial charge on any atom is -0.499 e. The van der Waals surface area contributed by atoms with Crippen molar-refractivity contribution in [2.75, 3.05) is 17.7 Å². The Kier molecular flexibility index (Phi) is 6.52. The maximum Gasteiger partial charge on any atom is 0.182 e. The summed E-state index contributed by atoms with van der Waals surface area (Å²) in [6.07, 6.45) is 0.482. The van der Waals surface area contributed by atoms with Crippen molar-refractivity contribution >= 4 is 46.3 Å². The van der Waals surface area contributed by atoms with Gasteiger partial charge in [-0.05, 0) is 32.0 Å². The Morgan fingerprint density at radius 3 is 2.91 bits per heavy atom. The Balaban J connectivity index is 2.11. The number of halogens is 1. The van der Waals surface area contributed by atoms with Crippen molar-refractivity contribution in [3.8, 4) is 0 Å². The first-order valence-corrected chi connectivity index (χ1v) is 8.63. The Bertz CT molecular complexity index is 578. The number of nitrogens with one attached hydrogen (secondary N) is 1. The number of benzene rings is 1. The zero-order valence-electron chi connectivity index (χ0n) is 12.3. The van der Waals surface area contributed by atoms with Crippen LogP contribution in [0.4, 0.5) is 5.69 Å². The maximum absolute atomic E-state index is 10.1. The number of thiocarbonyl (C=S) groups is 1. The minimum absolute atomic E-state index is 0.107. The first kappa shape index (κ1) is 17.6. The van der Waals surface area contributed by atoms with Gasteiger partial charge in [-0.3, -0.25) is 0 Å². The van der Waals surface area contributed by atoms with Gasteiger partial charge in [-0.1, -0.05) is 23.8 Å². The van der Waals surface area contributed by atoms with Gasteiger partial charge in [0.2, 0.25) is 0 Å². The first-order chi connectivity index (χ1) is 10.5. The van der Waals surface area contributed by atoms with Crippen LogP contribution in [-0.2, 0) is 9.47 Å². The van der Waals surface area contributed by atoms with Gasteiger partial charge in [0, 0.05) is 22.0 Å². The third-order valence-electron chi connectivity index (χ3n) is 2.79. The lowest BCUT2D eigenvalue weighted by Gasteiger charge is -2.19. The molecule has 0 saturated heterocycles. The summed E-state index contributed by atoms with van der Waals surface area (Å²) in [6.45, 7) is 4.39. The summed E-state index contributed by atoms with van der Waals surface area (Å²) < 4.78 is 10.6. The quantitative estimate of drug-likeness (QED) is 0.609. The van der Waals surface area contributed by atoms with Crippen molar-refractivity contribution in [3.05, 3.63) is 40.0 Å². The summed E-state index contributed by atoms with van der Waals surface area (Å²) in [6, 6.07) is 5.24. The van der Waals surface area contributed by atoms with Crippen LogP contribution in [0.2, 0.25) is 5.02 Å². The Morgan fingerprint density at radius 2 is 2.27 bits per heavy atom. The topological polar surface area (TPSA) is 50.7 Å². The van der Waals surface area contributed by atoms with Crippen molar-refractivity contribution in [2.24, 2.45) is 0 Å². The average Bonchev–Trinajstić information content (AvgIpc) is 2.49. The van der Waals surface area contributed by atoms with Crippen molar-refractivity contribution in [1.29, 1.82) is 0 Å². The molecule has 1 aliphatic rings. The summed E-state index contributed by atoms with van der Waals surface area (Å²) in [5.41, 5.74) is 1.24. The molecule has 0 fully saturated rings. The van der Waals surface area contributed by atoms with E-state index in [2.05, 4.69) is 5.32 Å². The number of hydrogen-bond acceptors (Lipinski definition) is 5. The van der Waals surface area contributed by atoms with E-state index in [0.717, 1.165) is 16.3 Å². The molecule has 0 spiro atoms. The SMILES string of the molecule is CC(C)OC(O)c1cc(NC(=S)C2=COCCS2)ccc1Cl. The molecule has 120 valence electrons. The molecule has 0 saturated carbocycles. The fourth-order valence-electron chi connectivity index (χ4n) is 1.82. The summed E-state index contributed by atoms with van der Waals surface area (Å²) in [5.74, 6) is 0.875. The number of aliphatic hydroxyl groups is 1. The third kappa shape index (κ3) is 4.86. The summed E-state index contributed by atoms with van der Waals surface area (Å²) in [5, 5.41) is 13.6. The van der Waals surface area contributed by atoms with E-state index in [1.807, 2.05) is 13.8 Å². The van der Waals surface area contributed by atoms with Crippen molar-refractivity contribution < 1.29 is 14.6 Å². The molecule has 0 radical (unpaired) electrons. The zero-order valence-corrected chi connectivity index (χ0v) is 14.7. The van der Waals surface area contributed by atoms with Crippen LogP contribution in [0.15, 0.2) is 29.4 Å². The van der Waals surface area contributed by atoms with Crippen LogP contribution in [0, 0.1) is 0 Å². The van der Waals surface area contributed by atoms with Gasteiger partial charge in [0.25, 0.3) is 0 Å². The largest absolute Gasteiger partial charge is 0.499 e. The molecule has 1 aromatic rings. The monoisotopic (exact) mass is 359 g/mol. The average molecular weight is 360 g/mol. The zero-order chi connectivity index (χ0) is 16.1. The summed E-state index contributed by atoms with van der Waals surface area (Å²) in [7, 11) is 0. The highest BCUT2D eigenvalue weighted by molar-refractivity contribution is 8.05. The van der Waals surface area contributed by atoms with Crippen molar-refractivity contribution in [3.63, 3.8) is 0 Å². The van der Waals surface area contributed by atoms with Crippen LogP contribution >= 0.6 is 35.6 Å². The van der Waals surface area contributed by atoms with E-state index in [-0.39, 0.29) is 6.10 Å². The molecule has 0 amide bonds. The molecule has 0 bridgehead atoms. The van der Waals surface area contributed by atoms with Gasteiger partial charge in [-0.25, -0.2) is 0 Å². The fourth-order valence-corrected chi connectivity index (χ4v) is 3.09. The van der Waals surface area contributed by atoms with Crippen LogP contribution in [-0.4, -0.2) is 28.6 Å². The Morgan fingerprint density at radius 1 is 1.50 bits per heavy atom. The Hall–Kier alpha value is -0.790. The van der Waals surface area contributed by atoms with Crippen molar-refractivity contribution in [2.45, 2.75) is 26.2 Å². The van der Waals surface area contributed by atoms with E-state index >= 15 is 0 Å². The maximum atomic E-state index is 10.1. The number of anilines is 1. The van der Waals surface area contributed by atoms with E-state index in [9.17, 15) is 5.11 Å². The first-order valence-electron chi connectivity index (χ1n) is 6.86. The van der Waals surface area contributed by atoms with Gasteiger partial charge in [-0.2, -0.15) is 0 Å². The lowest BCUT2D eigenvalue weighted by atomic mass is 10.2. The standard InChI is InChI=1S/C15H18ClNO3S2/c1-9(2)20-15(18)11-7-10(3-4-12(11)16)17-14(21)13-8-19-5-6-22-13/h3-4,7-9,15,18H,5-6H2,1-2H3,(H,17,21). The van der Waals surface area contributed by atoms with Crippen LogP contribution in [0.3, 0.4) is 0 Å². The van der Waals surface area contributed by atoms with E-state index in [0.29, 0.717) is 22.2 Å². The van der Waals surface area contributed by atoms with Gasteiger partial charge in [0.15, 0.2) is 6.29 Å². The van der Waals surface area contributed by atoms with Crippen molar-refractivity contribution in [1.82, 2.24) is 0 Å². The van der Waals surface area contributed by atoms with Crippen LogP contribution in [0.5, 0.6) is 0 Å². The molecular weight excluding hydrogens is 342 g/mol. The lowest BCUT2D eigenvalue weighted by molar-refractivity contribution is -0.128. The molecule has 2 N–H and O–H groups in total. The number of hydrogen-bond donors (Lipinski definition) is 2. The molecule has 4 nitrogen and oxygen atoms in total. The minimum atomic E-state index is -1.07. The number of ether oxygens (including phenoxy) is 2. The molecule has 22 heavy (non-hydrogen) atoms. The molecule has 1 unspecified atom stereocenters. The molecule has 1 atom stereocenters. The highest BCUT2D eigenvalue weighted by Gasteiger charge is 2.16. The van der Waals surface area contributed by atoms with E-state index < -0.39 is 6.29 Å². The summed E-state index contributed by atoms with van der Waals surface area (Å²) >= 11 is 13.1. The Labute approximate surface area is 144 Å². The fraction of sp³-hybridized carbons (Fsp3) is 0.400. The molecule has 7 heteroatoms. The molecule has 0 aliphatic carbocycles. The predicted octanol–water partition coefficient (Wildman–Crippen LogP) is 4.10. The highest BCUT2D eigenvalue weighted by Crippen LogP contribution is 2.29. The summed E-state index contributed by atoms with van der Waals surface area (Å²) in [4.78, 5) is 1.47. The second kappa shape index (κ2) is 8.17. The smallest absolute Gasteiger partial charge is 0.182 e. The predicted molar refractivity (Wildman–Crippen MR) is 95.3 cm³/mol. The normalized spacial score (nSPS) is 16.0. The van der Waals surface area contributed by atoms with Gasteiger partial charge >= 0.3 is 0 Å². The van der Waals surface area contributed by atoms with E-state index in [1.165, 1.54) is 0 Å². The van der Waals surface area contributed by atoms with Gasteiger partial charge in [-0.15, -0.1) is 11.8 Å². The molecule has 1 aromatic carbocycles. The second-order valence-electron chi connectivity index (χ2n) is 4.93. The van der Waals surface area contributed by atoms with Gasteiger partial charge < -0.3 is 19.9 Å². The van der Waals surface area contributed by atoms with Crippen LogP contribution in [0.1, 0.15) is 25.7 Å². The highest BCUT2D eigenvalue weighted by atomic mass is 35.5. The number of rotatable bonds is 5. The number of aliphatic hydroxyl groups excluding tert-OH is 1. The van der Waals surface area contributed by atoms with Crippen LogP contribution in [0.25, 0.3) is 0 Å². The molecule has 2 rings (SSSR count). The molecular formula is C15H18ClNO3S2. The van der Waals surface area contributed by atoms with Gasteiger partial charge in [0.05, 0.1) is 23.9 Å². The third-order valence-corrected chi connectivity index (χ3v) is 4.57. The second-order valence-corrected chi connectivity index (χ2v) is 6.88. The van der Waals surface area contributed by atoms with Crippen LogP contribution < -0.4 is 5.32 Å². The van der Waals surface area contributed by atoms with E-state index in [1.54, 1.807) is 36.2 Å². The molecule has 1 aliphatic heterocycles. The number of thioether (sulfide) groups is 1. The van der Waals surface area contributed by atoms with Gasteiger partial charge in [0.1, 0.15) is 4.99 Å². The lowest BCUT2D eigenvalue weighted by Crippen LogP contribution is -2.15. The van der Waals surface area contributed by atoms with E-state index in [4.69, 9.17) is 33.3 Å². The molecule has 0 aromatic heterocycles.